The topological polar surface area (TPSA) is 12.0 Å². The van der Waals surface area contributed by atoms with E-state index in [0.717, 1.165) is 0 Å². The molecule has 0 saturated carbocycles. The van der Waals surface area contributed by atoms with E-state index in [1.54, 1.807) is 0 Å². The van der Waals surface area contributed by atoms with Crippen LogP contribution in [0.1, 0.15) is 44.2 Å². The van der Waals surface area contributed by atoms with Gasteiger partial charge in [-0.3, -0.25) is 0 Å². The number of hydrogen-bond acceptors (Lipinski definition) is 1. The third kappa shape index (κ3) is 4.05. The molecule has 1 unspecified atom stereocenters. The molecule has 1 N–H and O–H groups in total. The van der Waals surface area contributed by atoms with Crippen molar-refractivity contribution < 1.29 is 0 Å². The number of nitrogens with one attached hydrogen (secondary N) is 1. The van der Waals surface area contributed by atoms with Crippen molar-refractivity contribution in [2.24, 2.45) is 0 Å². The molecular formula is C14H23N. The summed E-state index contributed by atoms with van der Waals surface area (Å²) in [5.74, 6) is 0.635. The lowest BCUT2D eigenvalue weighted by Crippen LogP contribution is -2.21. The maximum Gasteiger partial charge on any atom is 0.00388 e. The normalized spacial score (nSPS) is 13.1. The van der Waals surface area contributed by atoms with E-state index in [-0.39, 0.29) is 0 Å². The van der Waals surface area contributed by atoms with Gasteiger partial charge in [-0.05, 0) is 43.9 Å². The maximum absolute atomic E-state index is 3.26. The van der Waals surface area contributed by atoms with Crippen LogP contribution in [0.15, 0.2) is 24.3 Å². The Morgan fingerprint density at radius 3 is 2.13 bits per heavy atom. The first-order chi connectivity index (χ1) is 7.13. The summed E-state index contributed by atoms with van der Waals surface area (Å²) in [6, 6.07) is 9.64. The summed E-state index contributed by atoms with van der Waals surface area (Å²) >= 11 is 0. The van der Waals surface area contributed by atoms with Crippen molar-refractivity contribution in [1.29, 1.82) is 0 Å². The average Bonchev–Trinajstić information content (AvgIpc) is 2.26. The quantitative estimate of drug-likeness (QED) is 0.777. The number of rotatable bonds is 5. The lowest BCUT2D eigenvalue weighted by atomic mass is 9.99. The van der Waals surface area contributed by atoms with Crippen molar-refractivity contribution >= 4 is 0 Å². The molecule has 0 aliphatic carbocycles. The first-order valence-electron chi connectivity index (χ1n) is 5.89. The molecule has 0 bridgehead atoms. The van der Waals surface area contributed by atoms with Gasteiger partial charge in [-0.2, -0.15) is 0 Å². The molecule has 0 aromatic heterocycles. The van der Waals surface area contributed by atoms with Gasteiger partial charge in [-0.15, -0.1) is 0 Å². The van der Waals surface area contributed by atoms with Gasteiger partial charge >= 0.3 is 0 Å². The highest BCUT2D eigenvalue weighted by Crippen LogP contribution is 2.15. The Morgan fingerprint density at radius 1 is 1.07 bits per heavy atom. The lowest BCUT2D eigenvalue weighted by Gasteiger charge is -2.10. The Hall–Kier alpha value is -0.820. The zero-order valence-corrected chi connectivity index (χ0v) is 10.4. The van der Waals surface area contributed by atoms with Crippen LogP contribution >= 0.6 is 0 Å². The van der Waals surface area contributed by atoms with Crippen LogP contribution < -0.4 is 5.32 Å². The number of hydrogen-bond donors (Lipinski definition) is 1. The second kappa shape index (κ2) is 5.92. The van der Waals surface area contributed by atoms with Gasteiger partial charge in [0, 0.05) is 6.04 Å². The van der Waals surface area contributed by atoms with Crippen LogP contribution in [-0.2, 0) is 6.42 Å². The Balaban J connectivity index is 2.50. The van der Waals surface area contributed by atoms with E-state index in [1.165, 1.54) is 24.0 Å². The Labute approximate surface area is 93.9 Å². The van der Waals surface area contributed by atoms with Crippen LogP contribution in [0.25, 0.3) is 0 Å². The fourth-order valence-corrected chi connectivity index (χ4v) is 1.60. The zero-order valence-electron chi connectivity index (χ0n) is 10.4. The first kappa shape index (κ1) is 12.3. The smallest absolute Gasteiger partial charge is 0.00388 e. The molecule has 0 aliphatic rings. The molecule has 0 aliphatic heterocycles. The third-order valence-corrected chi connectivity index (χ3v) is 3.01. The van der Waals surface area contributed by atoms with Gasteiger partial charge in [0.1, 0.15) is 0 Å². The van der Waals surface area contributed by atoms with Gasteiger partial charge in [-0.1, -0.05) is 38.1 Å². The predicted octanol–water partition coefficient (Wildman–Crippen LogP) is 3.35. The zero-order chi connectivity index (χ0) is 11.3. The van der Waals surface area contributed by atoms with Crippen molar-refractivity contribution in [1.82, 2.24) is 5.32 Å². The Kier molecular flexibility index (Phi) is 4.83. The molecule has 15 heavy (non-hydrogen) atoms. The Morgan fingerprint density at radius 2 is 1.67 bits per heavy atom. The van der Waals surface area contributed by atoms with Gasteiger partial charge in [0.05, 0.1) is 0 Å². The van der Waals surface area contributed by atoms with Gasteiger partial charge in [0.25, 0.3) is 0 Å². The number of benzene rings is 1. The van der Waals surface area contributed by atoms with Gasteiger partial charge in [0.15, 0.2) is 0 Å². The van der Waals surface area contributed by atoms with E-state index < -0.39 is 0 Å². The second-order valence-corrected chi connectivity index (χ2v) is 4.62. The molecule has 1 nitrogen and oxygen atoms in total. The highest BCUT2D eigenvalue weighted by molar-refractivity contribution is 5.24. The Bertz CT molecular complexity index is 274. The summed E-state index contributed by atoms with van der Waals surface area (Å²) in [5, 5.41) is 3.26. The summed E-state index contributed by atoms with van der Waals surface area (Å²) in [6.07, 6.45) is 2.37. The van der Waals surface area contributed by atoms with Crippen molar-refractivity contribution in [3.63, 3.8) is 0 Å². The van der Waals surface area contributed by atoms with E-state index >= 15 is 0 Å². The predicted molar refractivity (Wildman–Crippen MR) is 67.4 cm³/mol. The van der Waals surface area contributed by atoms with E-state index in [4.69, 9.17) is 0 Å². The molecule has 1 aromatic carbocycles. The summed E-state index contributed by atoms with van der Waals surface area (Å²) in [7, 11) is 2.02. The summed E-state index contributed by atoms with van der Waals surface area (Å²) in [4.78, 5) is 0. The highest BCUT2D eigenvalue weighted by Gasteiger charge is 2.01. The van der Waals surface area contributed by atoms with Gasteiger partial charge < -0.3 is 5.32 Å². The van der Waals surface area contributed by atoms with Crippen LogP contribution in [-0.4, -0.2) is 13.1 Å². The van der Waals surface area contributed by atoms with Crippen molar-refractivity contribution in [3.05, 3.63) is 35.4 Å². The van der Waals surface area contributed by atoms with E-state index in [0.29, 0.717) is 12.0 Å². The summed E-state index contributed by atoms with van der Waals surface area (Å²) in [5.41, 5.74) is 2.88. The fraction of sp³-hybridized carbons (Fsp3) is 0.571. The molecule has 1 atom stereocenters. The molecular weight excluding hydrogens is 182 g/mol. The third-order valence-electron chi connectivity index (χ3n) is 3.01. The van der Waals surface area contributed by atoms with E-state index in [9.17, 15) is 0 Å². The van der Waals surface area contributed by atoms with E-state index in [1.807, 2.05) is 7.05 Å². The van der Waals surface area contributed by atoms with Crippen molar-refractivity contribution in [3.8, 4) is 0 Å². The highest BCUT2D eigenvalue weighted by atomic mass is 14.8. The monoisotopic (exact) mass is 205 g/mol. The molecule has 0 radical (unpaired) electrons. The molecule has 0 fully saturated rings. The van der Waals surface area contributed by atoms with Crippen molar-refractivity contribution in [2.45, 2.75) is 45.6 Å². The lowest BCUT2D eigenvalue weighted by molar-refractivity contribution is 0.565. The molecule has 0 spiro atoms. The number of aryl methyl sites for hydroxylation is 1. The van der Waals surface area contributed by atoms with Crippen LogP contribution in [0.3, 0.4) is 0 Å². The molecule has 1 heteroatoms. The molecule has 0 saturated heterocycles. The molecule has 1 rings (SSSR count). The van der Waals surface area contributed by atoms with E-state index in [2.05, 4.69) is 50.4 Å². The van der Waals surface area contributed by atoms with Crippen LogP contribution in [0.2, 0.25) is 0 Å². The maximum atomic E-state index is 3.26. The first-order valence-corrected chi connectivity index (χ1v) is 5.89. The van der Waals surface area contributed by atoms with Crippen LogP contribution in [0.4, 0.5) is 0 Å². The minimum Gasteiger partial charge on any atom is -0.317 e. The van der Waals surface area contributed by atoms with Gasteiger partial charge in [0.2, 0.25) is 0 Å². The van der Waals surface area contributed by atoms with Crippen molar-refractivity contribution in [2.75, 3.05) is 7.05 Å². The van der Waals surface area contributed by atoms with Crippen LogP contribution in [0.5, 0.6) is 0 Å². The minimum absolute atomic E-state index is 0.606. The summed E-state index contributed by atoms with van der Waals surface area (Å²) in [6.45, 7) is 6.69. The second-order valence-electron chi connectivity index (χ2n) is 4.62. The SMILES string of the molecule is CNC(C)CCc1ccc(C(C)C)cc1. The largest absolute Gasteiger partial charge is 0.317 e. The fourth-order valence-electron chi connectivity index (χ4n) is 1.60. The minimum atomic E-state index is 0.606. The average molecular weight is 205 g/mol. The molecule has 84 valence electrons. The molecule has 0 heterocycles. The summed E-state index contributed by atoms with van der Waals surface area (Å²) < 4.78 is 0. The van der Waals surface area contributed by atoms with Crippen LogP contribution in [0, 0.1) is 0 Å². The van der Waals surface area contributed by atoms with Gasteiger partial charge in [-0.25, -0.2) is 0 Å². The molecule has 0 amide bonds. The standard InChI is InChI=1S/C14H23N/c1-11(2)14-9-7-13(8-10-14)6-5-12(3)15-4/h7-12,15H,5-6H2,1-4H3. The molecule has 1 aromatic rings.